The van der Waals surface area contributed by atoms with Gasteiger partial charge in [-0.1, -0.05) is 41.9 Å². The van der Waals surface area contributed by atoms with Crippen LogP contribution in [-0.2, 0) is 14.3 Å². The molecule has 2 aromatic rings. The topological polar surface area (TPSA) is 108 Å². The normalized spacial score (nSPS) is 14.1. The Balaban J connectivity index is 1.90. The molecule has 3 amide bonds. The van der Waals surface area contributed by atoms with E-state index in [1.807, 2.05) is 13.0 Å². The van der Waals surface area contributed by atoms with Crippen LogP contribution < -0.4 is 10.6 Å². The highest BCUT2D eigenvalue weighted by molar-refractivity contribution is 6.34. The molecule has 182 valence electrons. The molecular formula is C25H30ClN3O5. The Kier molecular flexibility index (Phi) is 7.71. The summed E-state index contributed by atoms with van der Waals surface area (Å²) in [7, 11) is 0. The number of carbonyl (C=O) groups excluding carboxylic acids is 3. The van der Waals surface area contributed by atoms with Gasteiger partial charge in [0, 0.05) is 11.6 Å². The fraction of sp³-hybridized carbons (Fsp3) is 0.400. The number of aryl methyl sites for hydroxylation is 1. The van der Waals surface area contributed by atoms with Crippen LogP contribution in [0.25, 0.3) is 0 Å². The number of amides is 3. The molecule has 2 aromatic carbocycles. The van der Waals surface area contributed by atoms with Crippen LogP contribution in [0.4, 0.5) is 10.5 Å². The van der Waals surface area contributed by atoms with Gasteiger partial charge in [-0.3, -0.25) is 9.59 Å². The molecular weight excluding hydrogens is 458 g/mol. The van der Waals surface area contributed by atoms with Gasteiger partial charge in [0.05, 0.1) is 10.7 Å². The van der Waals surface area contributed by atoms with Gasteiger partial charge in [0.15, 0.2) is 0 Å². The Morgan fingerprint density at radius 1 is 1.15 bits per heavy atom. The van der Waals surface area contributed by atoms with Crippen molar-refractivity contribution in [3.63, 3.8) is 0 Å². The lowest BCUT2D eigenvalue weighted by molar-refractivity contribution is -0.139. The highest BCUT2D eigenvalue weighted by Gasteiger charge is 2.42. The third-order valence-electron chi connectivity index (χ3n) is 5.24. The zero-order valence-electron chi connectivity index (χ0n) is 19.7. The molecule has 8 nitrogen and oxygen atoms in total. The predicted molar refractivity (Wildman–Crippen MR) is 130 cm³/mol. The van der Waals surface area contributed by atoms with Crippen LogP contribution >= 0.6 is 11.6 Å². The van der Waals surface area contributed by atoms with Gasteiger partial charge in [0.25, 0.3) is 5.91 Å². The molecule has 0 saturated heterocycles. The number of ether oxygens (including phenoxy) is 1. The number of hydrogen-bond donors (Lipinski definition) is 3. The van der Waals surface area contributed by atoms with Crippen LogP contribution in [0.3, 0.4) is 0 Å². The molecule has 0 aromatic heterocycles. The first-order chi connectivity index (χ1) is 16.0. The van der Waals surface area contributed by atoms with Gasteiger partial charge >= 0.3 is 6.09 Å². The van der Waals surface area contributed by atoms with Crippen LogP contribution in [0.1, 0.15) is 50.8 Å². The second kappa shape index (κ2) is 10.3. The summed E-state index contributed by atoms with van der Waals surface area (Å²) in [5.41, 5.74) is 0.758. The first kappa shape index (κ1) is 25.4. The van der Waals surface area contributed by atoms with E-state index < -0.39 is 29.6 Å². The molecule has 0 spiro atoms. The van der Waals surface area contributed by atoms with E-state index in [4.69, 9.17) is 16.3 Å². The fourth-order valence-electron chi connectivity index (χ4n) is 3.58. The minimum atomic E-state index is -1.13. The molecule has 9 heteroatoms. The molecule has 0 aliphatic heterocycles. The number of aromatic hydroxyl groups is 1. The van der Waals surface area contributed by atoms with Crippen molar-refractivity contribution in [3.05, 3.63) is 58.6 Å². The Labute approximate surface area is 204 Å². The number of rotatable bonds is 7. The van der Waals surface area contributed by atoms with Crippen molar-refractivity contribution in [1.29, 1.82) is 0 Å². The van der Waals surface area contributed by atoms with E-state index in [0.717, 1.165) is 5.56 Å². The van der Waals surface area contributed by atoms with Crippen molar-refractivity contribution in [1.82, 2.24) is 10.2 Å². The molecule has 3 N–H and O–H groups in total. The van der Waals surface area contributed by atoms with Crippen LogP contribution in [0, 0.1) is 6.92 Å². The molecule has 1 aliphatic carbocycles. The molecule has 0 radical (unpaired) electrons. The van der Waals surface area contributed by atoms with Gasteiger partial charge < -0.3 is 25.4 Å². The summed E-state index contributed by atoms with van der Waals surface area (Å²) < 4.78 is 5.21. The molecule has 1 fully saturated rings. The van der Waals surface area contributed by atoms with Crippen molar-refractivity contribution < 1.29 is 24.2 Å². The van der Waals surface area contributed by atoms with Gasteiger partial charge in [-0.15, -0.1) is 0 Å². The number of halogens is 1. The van der Waals surface area contributed by atoms with Crippen molar-refractivity contribution in [2.24, 2.45) is 0 Å². The zero-order valence-corrected chi connectivity index (χ0v) is 20.5. The van der Waals surface area contributed by atoms with Gasteiger partial charge in [0.1, 0.15) is 23.9 Å². The third-order valence-corrected chi connectivity index (χ3v) is 5.55. The van der Waals surface area contributed by atoms with E-state index in [1.54, 1.807) is 51.1 Å². The molecule has 1 atom stereocenters. The monoisotopic (exact) mass is 487 g/mol. The lowest BCUT2D eigenvalue weighted by Gasteiger charge is -2.32. The minimum Gasteiger partial charge on any atom is -0.508 e. The minimum absolute atomic E-state index is 0.114. The summed E-state index contributed by atoms with van der Waals surface area (Å²) in [6.45, 7) is 6.62. The van der Waals surface area contributed by atoms with E-state index >= 15 is 0 Å². The van der Waals surface area contributed by atoms with Crippen molar-refractivity contribution in [2.45, 2.75) is 58.2 Å². The smallest absolute Gasteiger partial charge is 0.408 e. The summed E-state index contributed by atoms with van der Waals surface area (Å²) >= 11 is 6.30. The molecule has 1 aliphatic rings. The number of phenolic OH excluding ortho intramolecular Hbond substituents is 1. The van der Waals surface area contributed by atoms with Gasteiger partial charge in [-0.25, -0.2) is 4.79 Å². The zero-order chi connectivity index (χ0) is 25.0. The number of phenols is 1. The Bertz CT molecular complexity index is 1060. The lowest BCUT2D eigenvalue weighted by atomic mass is 10.0. The molecule has 0 bridgehead atoms. The first-order valence-corrected chi connectivity index (χ1v) is 11.5. The Morgan fingerprint density at radius 2 is 1.82 bits per heavy atom. The summed E-state index contributed by atoms with van der Waals surface area (Å²) in [4.78, 5) is 40.4. The van der Waals surface area contributed by atoms with E-state index in [2.05, 4.69) is 10.6 Å². The van der Waals surface area contributed by atoms with Crippen LogP contribution in [0.5, 0.6) is 5.75 Å². The average molecular weight is 488 g/mol. The third kappa shape index (κ3) is 6.41. The quantitative estimate of drug-likeness (QED) is 0.531. The number of carbonyl (C=O) groups is 3. The highest BCUT2D eigenvalue weighted by atomic mass is 35.5. The lowest BCUT2D eigenvalue weighted by Crippen LogP contribution is -2.47. The van der Waals surface area contributed by atoms with E-state index in [1.165, 1.54) is 11.0 Å². The summed E-state index contributed by atoms with van der Waals surface area (Å²) in [6.07, 6.45) is 0.688. The SMILES string of the molecule is Cc1cccc(Cl)c1NC(=O)C(c1ccccc1O)N(C(=O)CNC(=O)OC(C)(C)C)C1CC1. The molecule has 34 heavy (non-hydrogen) atoms. The van der Waals surface area contributed by atoms with E-state index in [9.17, 15) is 19.5 Å². The maximum atomic E-state index is 13.6. The number of para-hydroxylation sites is 2. The summed E-state index contributed by atoms with van der Waals surface area (Å²) in [5.74, 6) is -1.10. The van der Waals surface area contributed by atoms with Crippen molar-refractivity contribution in [2.75, 3.05) is 11.9 Å². The highest BCUT2D eigenvalue weighted by Crippen LogP contribution is 2.38. The number of nitrogens with one attached hydrogen (secondary N) is 2. The van der Waals surface area contributed by atoms with Gasteiger partial charge in [-0.05, 0) is 58.2 Å². The van der Waals surface area contributed by atoms with Gasteiger partial charge in [0.2, 0.25) is 5.91 Å². The number of alkyl carbamates (subject to hydrolysis) is 1. The second-order valence-electron chi connectivity index (χ2n) is 9.27. The molecule has 0 heterocycles. The van der Waals surface area contributed by atoms with Gasteiger partial charge in [-0.2, -0.15) is 0 Å². The predicted octanol–water partition coefficient (Wildman–Crippen LogP) is 4.55. The number of benzene rings is 2. The first-order valence-electron chi connectivity index (χ1n) is 11.1. The van der Waals surface area contributed by atoms with E-state index in [-0.39, 0.29) is 23.9 Å². The fourth-order valence-corrected chi connectivity index (χ4v) is 3.85. The van der Waals surface area contributed by atoms with Crippen LogP contribution in [0.15, 0.2) is 42.5 Å². The van der Waals surface area contributed by atoms with Crippen LogP contribution in [0.2, 0.25) is 5.02 Å². The molecule has 1 saturated carbocycles. The maximum Gasteiger partial charge on any atom is 0.408 e. The van der Waals surface area contributed by atoms with Crippen molar-refractivity contribution >= 4 is 35.2 Å². The molecule has 1 unspecified atom stereocenters. The van der Waals surface area contributed by atoms with E-state index in [0.29, 0.717) is 23.6 Å². The Hall–Kier alpha value is -3.26. The maximum absolute atomic E-state index is 13.6. The number of hydrogen-bond acceptors (Lipinski definition) is 5. The average Bonchev–Trinajstić information content (AvgIpc) is 3.57. The largest absolute Gasteiger partial charge is 0.508 e. The van der Waals surface area contributed by atoms with Crippen molar-refractivity contribution in [3.8, 4) is 5.75 Å². The second-order valence-corrected chi connectivity index (χ2v) is 9.68. The van der Waals surface area contributed by atoms with Crippen LogP contribution in [-0.4, -0.2) is 46.1 Å². The Morgan fingerprint density at radius 3 is 2.41 bits per heavy atom. The standard InChI is InChI=1S/C25H30ClN3O5/c1-15-8-7-10-18(26)21(15)28-23(32)22(17-9-5-6-11-19(17)30)29(16-12-13-16)20(31)14-27-24(33)34-25(2,3)4/h5-11,16,22,30H,12-14H2,1-4H3,(H,27,33)(H,28,32). The molecule has 3 rings (SSSR count). The summed E-state index contributed by atoms with van der Waals surface area (Å²) in [5, 5.41) is 16.2. The summed E-state index contributed by atoms with van der Waals surface area (Å²) in [6, 6.07) is 10.3. The number of nitrogens with zero attached hydrogens (tertiary/aromatic N) is 1. The number of anilines is 1.